The lowest BCUT2D eigenvalue weighted by molar-refractivity contribution is -0.123. The van der Waals surface area contributed by atoms with Crippen LogP contribution in [0.15, 0.2) is 36.4 Å². The first kappa shape index (κ1) is 20.1. The lowest BCUT2D eigenvalue weighted by Gasteiger charge is -2.42. The predicted molar refractivity (Wildman–Crippen MR) is 118 cm³/mol. The standard InChI is InChI=1S/C27H32O2/c1-17-14-21-22(27(4,5)13-12-26(21,2)3)16-20(17)15-18-6-8-19(9-7-18)25-23(28)10-11-24(25)29/h6-9,14,16,25H,10-13,15H2,1-5H3. The van der Waals surface area contributed by atoms with Gasteiger partial charge in [-0.3, -0.25) is 9.59 Å². The molecule has 0 radical (unpaired) electrons. The molecule has 0 atom stereocenters. The van der Waals surface area contributed by atoms with E-state index in [4.69, 9.17) is 0 Å². The summed E-state index contributed by atoms with van der Waals surface area (Å²) in [5.74, 6) is -0.395. The van der Waals surface area contributed by atoms with Gasteiger partial charge in [0.1, 0.15) is 17.5 Å². The molecule has 29 heavy (non-hydrogen) atoms. The molecule has 0 saturated heterocycles. The number of benzene rings is 2. The van der Waals surface area contributed by atoms with Gasteiger partial charge in [-0.1, -0.05) is 64.1 Å². The summed E-state index contributed by atoms with van der Waals surface area (Å²) in [5, 5.41) is 0. The first-order valence-corrected chi connectivity index (χ1v) is 10.9. The Morgan fingerprint density at radius 2 is 1.34 bits per heavy atom. The topological polar surface area (TPSA) is 34.1 Å². The molecule has 152 valence electrons. The summed E-state index contributed by atoms with van der Waals surface area (Å²) in [7, 11) is 0. The van der Waals surface area contributed by atoms with Crippen LogP contribution in [0.1, 0.15) is 92.7 Å². The van der Waals surface area contributed by atoms with Crippen molar-refractivity contribution in [3.8, 4) is 0 Å². The van der Waals surface area contributed by atoms with Gasteiger partial charge in [0.2, 0.25) is 0 Å². The van der Waals surface area contributed by atoms with Crippen LogP contribution in [-0.2, 0) is 26.8 Å². The largest absolute Gasteiger partial charge is 0.299 e. The molecule has 2 heteroatoms. The maximum Gasteiger partial charge on any atom is 0.148 e. The number of rotatable bonds is 3. The van der Waals surface area contributed by atoms with Crippen molar-refractivity contribution in [2.24, 2.45) is 0 Å². The van der Waals surface area contributed by atoms with E-state index in [2.05, 4.69) is 58.9 Å². The number of ketones is 2. The smallest absolute Gasteiger partial charge is 0.148 e. The molecule has 0 N–H and O–H groups in total. The molecular weight excluding hydrogens is 356 g/mol. The van der Waals surface area contributed by atoms with Crippen molar-refractivity contribution in [2.45, 2.75) is 83.5 Å². The van der Waals surface area contributed by atoms with Gasteiger partial charge in [0.25, 0.3) is 0 Å². The van der Waals surface area contributed by atoms with Crippen molar-refractivity contribution in [2.75, 3.05) is 0 Å². The normalized spacial score (nSPS) is 20.7. The first-order valence-electron chi connectivity index (χ1n) is 10.9. The Balaban J connectivity index is 1.63. The first-order chi connectivity index (χ1) is 13.6. The van der Waals surface area contributed by atoms with Crippen molar-refractivity contribution in [3.63, 3.8) is 0 Å². The molecule has 1 fully saturated rings. The van der Waals surface area contributed by atoms with Crippen molar-refractivity contribution in [3.05, 3.63) is 69.8 Å². The van der Waals surface area contributed by atoms with Crippen LogP contribution in [0.5, 0.6) is 0 Å². The molecule has 1 saturated carbocycles. The van der Waals surface area contributed by atoms with Gasteiger partial charge in [-0.25, -0.2) is 0 Å². The lowest BCUT2D eigenvalue weighted by atomic mass is 9.62. The molecule has 4 rings (SSSR count). The van der Waals surface area contributed by atoms with Gasteiger partial charge in [-0.2, -0.15) is 0 Å². The van der Waals surface area contributed by atoms with Crippen LogP contribution < -0.4 is 0 Å². The molecule has 2 aromatic rings. The molecule has 0 aliphatic heterocycles. The Hall–Kier alpha value is -2.22. The van der Waals surface area contributed by atoms with Gasteiger partial charge >= 0.3 is 0 Å². The second-order valence-corrected chi connectivity index (χ2v) is 10.4. The van der Waals surface area contributed by atoms with Crippen LogP contribution >= 0.6 is 0 Å². The van der Waals surface area contributed by atoms with E-state index in [1.807, 2.05) is 12.1 Å². The average Bonchev–Trinajstić information content (AvgIpc) is 2.99. The molecular formula is C27H32O2. The van der Waals surface area contributed by atoms with E-state index in [0.717, 1.165) is 12.0 Å². The van der Waals surface area contributed by atoms with Gasteiger partial charge in [0.15, 0.2) is 0 Å². The van der Waals surface area contributed by atoms with Crippen molar-refractivity contribution in [1.82, 2.24) is 0 Å². The zero-order valence-corrected chi connectivity index (χ0v) is 18.4. The van der Waals surface area contributed by atoms with E-state index in [9.17, 15) is 9.59 Å². The Labute approximate surface area is 174 Å². The minimum atomic E-state index is -0.530. The molecule has 2 nitrogen and oxygen atoms in total. The Bertz CT molecular complexity index is 960. The van der Waals surface area contributed by atoms with Gasteiger partial charge in [-0.05, 0) is 70.4 Å². The molecule has 0 aromatic heterocycles. The van der Waals surface area contributed by atoms with Gasteiger partial charge < -0.3 is 0 Å². The summed E-state index contributed by atoms with van der Waals surface area (Å²) in [4.78, 5) is 24.1. The van der Waals surface area contributed by atoms with Gasteiger partial charge in [0, 0.05) is 12.8 Å². The van der Waals surface area contributed by atoms with Gasteiger partial charge in [0.05, 0.1) is 0 Å². The van der Waals surface area contributed by atoms with Crippen LogP contribution in [-0.4, -0.2) is 11.6 Å². The third kappa shape index (κ3) is 3.58. The zero-order valence-electron chi connectivity index (χ0n) is 18.4. The average molecular weight is 389 g/mol. The second-order valence-electron chi connectivity index (χ2n) is 10.4. The van der Waals surface area contributed by atoms with E-state index in [1.54, 1.807) is 0 Å². The van der Waals surface area contributed by atoms with Crippen LogP contribution in [0.3, 0.4) is 0 Å². The molecule has 2 aliphatic rings. The number of fused-ring (bicyclic) bond motifs is 1. The number of aryl methyl sites for hydroxylation is 1. The number of hydrogen-bond donors (Lipinski definition) is 0. The maximum atomic E-state index is 12.0. The van der Waals surface area contributed by atoms with E-state index in [-0.39, 0.29) is 22.4 Å². The summed E-state index contributed by atoms with van der Waals surface area (Å²) in [6.45, 7) is 11.7. The molecule has 0 spiro atoms. The fourth-order valence-corrected chi connectivity index (χ4v) is 5.09. The molecule has 2 aliphatic carbocycles. The fourth-order valence-electron chi connectivity index (χ4n) is 5.09. The highest BCUT2D eigenvalue weighted by Crippen LogP contribution is 2.46. The highest BCUT2D eigenvalue weighted by Gasteiger charge is 2.37. The summed E-state index contributed by atoms with van der Waals surface area (Å²) >= 11 is 0. The zero-order chi connectivity index (χ0) is 21.0. The quantitative estimate of drug-likeness (QED) is 0.609. The third-order valence-corrected chi connectivity index (χ3v) is 7.28. The Kier molecular flexibility index (Phi) is 4.80. The van der Waals surface area contributed by atoms with Crippen molar-refractivity contribution >= 4 is 11.6 Å². The maximum absolute atomic E-state index is 12.0. The summed E-state index contributed by atoms with van der Waals surface area (Å²) in [5.41, 5.74) is 8.23. The van der Waals surface area contributed by atoms with Crippen LogP contribution in [0.4, 0.5) is 0 Å². The van der Waals surface area contributed by atoms with E-state index in [0.29, 0.717) is 12.8 Å². The number of carbonyl (C=O) groups excluding carboxylic acids is 2. The monoisotopic (exact) mass is 388 g/mol. The molecule has 0 bridgehead atoms. The third-order valence-electron chi connectivity index (χ3n) is 7.28. The van der Waals surface area contributed by atoms with E-state index >= 15 is 0 Å². The summed E-state index contributed by atoms with van der Waals surface area (Å²) < 4.78 is 0. The minimum absolute atomic E-state index is 0.0677. The highest BCUT2D eigenvalue weighted by atomic mass is 16.2. The molecule has 0 unspecified atom stereocenters. The number of carbonyl (C=O) groups is 2. The van der Waals surface area contributed by atoms with Crippen molar-refractivity contribution < 1.29 is 9.59 Å². The van der Waals surface area contributed by atoms with Crippen LogP contribution in [0.25, 0.3) is 0 Å². The predicted octanol–water partition coefficient (Wildman–Crippen LogP) is 5.95. The SMILES string of the molecule is Cc1cc2c(cc1Cc1ccc(C3C(=O)CCC3=O)cc1)C(C)(C)CCC2(C)C. The van der Waals surface area contributed by atoms with Crippen LogP contribution in [0, 0.1) is 6.92 Å². The lowest BCUT2D eigenvalue weighted by Crippen LogP contribution is -2.34. The minimum Gasteiger partial charge on any atom is -0.299 e. The highest BCUT2D eigenvalue weighted by molar-refractivity contribution is 6.13. The summed E-state index contributed by atoms with van der Waals surface area (Å²) in [6, 6.07) is 13.0. The fraction of sp³-hybridized carbons (Fsp3) is 0.481. The molecule has 0 amide bonds. The summed E-state index contributed by atoms with van der Waals surface area (Å²) in [6.07, 6.45) is 4.11. The Morgan fingerprint density at radius 3 is 1.90 bits per heavy atom. The number of hydrogen-bond acceptors (Lipinski definition) is 2. The van der Waals surface area contributed by atoms with Gasteiger partial charge in [-0.15, -0.1) is 0 Å². The van der Waals surface area contributed by atoms with E-state index < -0.39 is 5.92 Å². The van der Waals surface area contributed by atoms with E-state index in [1.165, 1.54) is 40.7 Å². The van der Waals surface area contributed by atoms with Crippen molar-refractivity contribution in [1.29, 1.82) is 0 Å². The Morgan fingerprint density at radius 1 is 0.828 bits per heavy atom. The molecule has 0 heterocycles. The molecule has 2 aromatic carbocycles. The van der Waals surface area contributed by atoms with Crippen LogP contribution in [0.2, 0.25) is 0 Å². The number of Topliss-reactive ketones (excluding diaryl/α,β-unsaturated/α-hetero) is 2. The second kappa shape index (κ2) is 6.93.